The Hall–Kier alpha value is -2.27. The molecule has 0 spiro atoms. The minimum atomic E-state index is -0.213. The normalized spacial score (nSPS) is 10.1. The van der Waals surface area contributed by atoms with Gasteiger partial charge in [0, 0.05) is 31.0 Å². The Labute approximate surface area is 134 Å². The van der Waals surface area contributed by atoms with E-state index >= 15 is 0 Å². The summed E-state index contributed by atoms with van der Waals surface area (Å²) in [5, 5.41) is 3.34. The number of urea groups is 1. The molecule has 0 atom stereocenters. The Kier molecular flexibility index (Phi) is 5.61. The molecule has 0 fully saturated rings. The van der Waals surface area contributed by atoms with Crippen LogP contribution in [-0.4, -0.2) is 36.6 Å². The van der Waals surface area contributed by atoms with Gasteiger partial charge in [0.2, 0.25) is 0 Å². The van der Waals surface area contributed by atoms with Crippen LogP contribution in [0.1, 0.15) is 5.56 Å². The van der Waals surface area contributed by atoms with Gasteiger partial charge in [0.15, 0.2) is 0 Å². The van der Waals surface area contributed by atoms with Gasteiger partial charge < -0.3 is 15.0 Å². The van der Waals surface area contributed by atoms with Gasteiger partial charge in [-0.3, -0.25) is 4.98 Å². The number of hydrogen-bond donors (Lipinski definition) is 1. The minimum absolute atomic E-state index is 0.213. The van der Waals surface area contributed by atoms with Crippen LogP contribution in [0.15, 0.2) is 42.7 Å². The van der Waals surface area contributed by atoms with E-state index in [-0.39, 0.29) is 6.03 Å². The van der Waals surface area contributed by atoms with Gasteiger partial charge in [-0.2, -0.15) is 0 Å². The number of nitrogens with zero attached hydrogens (tertiary/aromatic N) is 2. The number of rotatable bonds is 5. The molecule has 1 aromatic heterocycles. The summed E-state index contributed by atoms with van der Waals surface area (Å²) in [7, 11) is 3.29. The lowest BCUT2D eigenvalue weighted by Gasteiger charge is -2.19. The molecule has 0 aliphatic heterocycles. The maximum Gasteiger partial charge on any atom is 0.321 e. The van der Waals surface area contributed by atoms with Gasteiger partial charge in [-0.15, -0.1) is 0 Å². The van der Waals surface area contributed by atoms with Gasteiger partial charge in [0.05, 0.1) is 12.8 Å². The predicted octanol–water partition coefficient (Wildman–Crippen LogP) is 3.45. The molecule has 0 saturated heterocycles. The fraction of sp³-hybridized carbons (Fsp3) is 0.250. The van der Waals surface area contributed by atoms with Crippen molar-refractivity contribution in [3.05, 3.63) is 53.3 Å². The highest BCUT2D eigenvalue weighted by Gasteiger charge is 2.12. The maximum atomic E-state index is 12.2. The second-order valence-corrected chi connectivity index (χ2v) is 5.24. The van der Waals surface area contributed by atoms with E-state index in [1.165, 1.54) is 0 Å². The lowest BCUT2D eigenvalue weighted by Crippen LogP contribution is -2.33. The first-order chi connectivity index (χ1) is 10.6. The van der Waals surface area contributed by atoms with E-state index in [0.29, 0.717) is 23.0 Å². The van der Waals surface area contributed by atoms with Crippen molar-refractivity contribution in [3.8, 4) is 5.75 Å². The van der Waals surface area contributed by atoms with Crippen LogP contribution >= 0.6 is 11.6 Å². The Bertz CT molecular complexity index is 635. The van der Waals surface area contributed by atoms with Crippen molar-refractivity contribution in [3.63, 3.8) is 0 Å². The highest BCUT2D eigenvalue weighted by molar-refractivity contribution is 6.31. The molecule has 5 nitrogen and oxygen atoms in total. The van der Waals surface area contributed by atoms with E-state index < -0.39 is 0 Å². The fourth-order valence-electron chi connectivity index (χ4n) is 1.94. The number of likely N-dealkylation sites (N-methyl/N-ethyl adjacent to an activating group) is 1. The molecule has 0 unspecified atom stereocenters. The van der Waals surface area contributed by atoms with Gasteiger partial charge in [-0.1, -0.05) is 11.6 Å². The lowest BCUT2D eigenvalue weighted by atomic mass is 10.2. The number of ether oxygens (including phenoxy) is 1. The molecule has 0 radical (unpaired) electrons. The van der Waals surface area contributed by atoms with E-state index in [1.54, 1.807) is 49.7 Å². The number of carbonyl (C=O) groups excluding carboxylic acids is 1. The largest absolute Gasteiger partial charge is 0.495 e. The van der Waals surface area contributed by atoms with Crippen LogP contribution < -0.4 is 10.1 Å². The molecular formula is C16H18ClN3O2. The number of benzene rings is 1. The third kappa shape index (κ3) is 4.36. The summed E-state index contributed by atoms with van der Waals surface area (Å²) in [6, 6.07) is 8.75. The zero-order valence-electron chi connectivity index (χ0n) is 12.5. The zero-order valence-corrected chi connectivity index (χ0v) is 13.3. The minimum Gasteiger partial charge on any atom is -0.495 e. The topological polar surface area (TPSA) is 54.5 Å². The highest BCUT2D eigenvalue weighted by Crippen LogP contribution is 2.27. The van der Waals surface area contributed by atoms with Crippen molar-refractivity contribution in [1.29, 1.82) is 0 Å². The summed E-state index contributed by atoms with van der Waals surface area (Å²) in [5.41, 5.74) is 1.69. The number of pyridine rings is 1. The molecule has 6 heteroatoms. The monoisotopic (exact) mass is 319 g/mol. The quantitative estimate of drug-likeness (QED) is 0.918. The summed E-state index contributed by atoms with van der Waals surface area (Å²) in [5.74, 6) is 0.570. The van der Waals surface area contributed by atoms with Crippen LogP contribution in [0.25, 0.3) is 0 Å². The first-order valence-corrected chi connectivity index (χ1v) is 7.22. The maximum absolute atomic E-state index is 12.2. The number of halogens is 1. The molecule has 1 aromatic carbocycles. The fourth-order valence-corrected chi connectivity index (χ4v) is 2.11. The molecule has 1 N–H and O–H groups in total. The molecule has 2 amide bonds. The number of hydrogen-bond acceptors (Lipinski definition) is 3. The summed E-state index contributed by atoms with van der Waals surface area (Å²) < 4.78 is 5.21. The van der Waals surface area contributed by atoms with Gasteiger partial charge in [-0.25, -0.2) is 4.79 Å². The van der Waals surface area contributed by atoms with E-state index in [1.807, 2.05) is 12.1 Å². The van der Waals surface area contributed by atoms with Crippen LogP contribution in [0.4, 0.5) is 10.5 Å². The van der Waals surface area contributed by atoms with Crippen LogP contribution in [-0.2, 0) is 6.42 Å². The van der Waals surface area contributed by atoms with Crippen molar-refractivity contribution in [2.75, 3.05) is 26.0 Å². The zero-order chi connectivity index (χ0) is 15.9. The first-order valence-electron chi connectivity index (χ1n) is 6.84. The summed E-state index contributed by atoms with van der Waals surface area (Å²) in [4.78, 5) is 17.8. The number of amides is 2. The van der Waals surface area contributed by atoms with Gasteiger partial charge in [0.1, 0.15) is 5.75 Å². The second-order valence-electron chi connectivity index (χ2n) is 4.80. The number of carbonyl (C=O) groups is 1. The van der Waals surface area contributed by atoms with E-state index in [9.17, 15) is 4.79 Å². The van der Waals surface area contributed by atoms with Crippen LogP contribution in [0.5, 0.6) is 5.75 Å². The van der Waals surface area contributed by atoms with E-state index in [2.05, 4.69) is 10.3 Å². The number of anilines is 1. The summed E-state index contributed by atoms with van der Waals surface area (Å²) in [6.07, 6.45) is 4.25. The van der Waals surface area contributed by atoms with Crippen molar-refractivity contribution in [2.45, 2.75) is 6.42 Å². The van der Waals surface area contributed by atoms with Gasteiger partial charge in [-0.05, 0) is 42.3 Å². The predicted molar refractivity (Wildman–Crippen MR) is 87.6 cm³/mol. The van der Waals surface area contributed by atoms with Crippen molar-refractivity contribution >= 4 is 23.3 Å². The van der Waals surface area contributed by atoms with Crippen molar-refractivity contribution in [1.82, 2.24) is 9.88 Å². The van der Waals surface area contributed by atoms with Gasteiger partial charge in [0.25, 0.3) is 0 Å². The standard InChI is InChI=1S/C16H18ClN3O2/c1-20(10-7-12-5-8-18-9-6-12)16(21)19-14-11-13(17)3-4-15(14)22-2/h3-6,8-9,11H,7,10H2,1-2H3,(H,19,21). The smallest absolute Gasteiger partial charge is 0.321 e. The molecule has 22 heavy (non-hydrogen) atoms. The third-order valence-electron chi connectivity index (χ3n) is 3.24. The number of methoxy groups -OCH3 is 1. The molecule has 2 aromatic rings. The number of nitrogens with one attached hydrogen (secondary N) is 1. The lowest BCUT2D eigenvalue weighted by molar-refractivity contribution is 0.223. The molecule has 0 bridgehead atoms. The van der Waals surface area contributed by atoms with Crippen LogP contribution in [0.3, 0.4) is 0 Å². The van der Waals surface area contributed by atoms with Crippen LogP contribution in [0.2, 0.25) is 5.02 Å². The molecular weight excluding hydrogens is 302 g/mol. The molecule has 1 heterocycles. The molecule has 0 saturated carbocycles. The van der Waals surface area contributed by atoms with Crippen LogP contribution in [0, 0.1) is 0 Å². The summed E-state index contributed by atoms with van der Waals surface area (Å²) >= 11 is 5.95. The Morgan fingerprint density at radius 2 is 2.05 bits per heavy atom. The molecule has 2 rings (SSSR count). The average Bonchev–Trinajstić information content (AvgIpc) is 2.53. The highest BCUT2D eigenvalue weighted by atomic mass is 35.5. The third-order valence-corrected chi connectivity index (χ3v) is 3.47. The summed E-state index contributed by atoms with van der Waals surface area (Å²) in [6.45, 7) is 0.596. The Morgan fingerprint density at radius 3 is 2.73 bits per heavy atom. The molecule has 0 aliphatic rings. The molecule has 116 valence electrons. The van der Waals surface area contributed by atoms with Gasteiger partial charge >= 0.3 is 6.03 Å². The average molecular weight is 320 g/mol. The van der Waals surface area contributed by atoms with E-state index in [0.717, 1.165) is 12.0 Å². The number of aromatic nitrogens is 1. The molecule has 0 aliphatic carbocycles. The Morgan fingerprint density at radius 1 is 1.32 bits per heavy atom. The first kappa shape index (κ1) is 16.1. The second kappa shape index (κ2) is 7.66. The van der Waals surface area contributed by atoms with E-state index in [4.69, 9.17) is 16.3 Å². The SMILES string of the molecule is COc1ccc(Cl)cc1NC(=O)N(C)CCc1ccncc1. The Balaban J connectivity index is 1.95. The van der Waals surface area contributed by atoms with Crippen molar-refractivity contribution < 1.29 is 9.53 Å². The van der Waals surface area contributed by atoms with Crippen molar-refractivity contribution in [2.24, 2.45) is 0 Å².